The Morgan fingerprint density at radius 1 is 1.21 bits per heavy atom. The molecule has 0 radical (unpaired) electrons. The first-order chi connectivity index (χ1) is 14.2. The van der Waals surface area contributed by atoms with Gasteiger partial charge in [-0.3, -0.25) is 4.79 Å². The maximum Gasteiger partial charge on any atom is 0.264 e. The summed E-state index contributed by atoms with van der Waals surface area (Å²) in [5, 5.41) is 6.91. The molecular formula is C22H23N3O4. The zero-order chi connectivity index (χ0) is 20.1. The number of hydrogen-bond acceptors (Lipinski definition) is 6. The first-order valence-electron chi connectivity index (χ1n) is 9.70. The van der Waals surface area contributed by atoms with Crippen LogP contribution >= 0.6 is 0 Å². The summed E-state index contributed by atoms with van der Waals surface area (Å²) in [4.78, 5) is 16.9. The Morgan fingerprint density at radius 3 is 2.83 bits per heavy atom. The summed E-state index contributed by atoms with van der Waals surface area (Å²) < 4.78 is 16.6. The maximum absolute atomic E-state index is 12.6. The predicted octanol–water partition coefficient (Wildman–Crippen LogP) is 3.53. The number of carbonyl (C=O) groups excluding carboxylic acids is 1. The topological polar surface area (TPSA) is 86.5 Å². The summed E-state index contributed by atoms with van der Waals surface area (Å²) >= 11 is 0. The third-order valence-corrected chi connectivity index (χ3v) is 4.77. The fraction of sp³-hybridized carbons (Fsp3) is 0.318. The van der Waals surface area contributed by atoms with E-state index in [0.717, 1.165) is 30.6 Å². The minimum absolute atomic E-state index is 0.0783. The van der Waals surface area contributed by atoms with Crippen molar-refractivity contribution >= 4 is 5.91 Å². The molecule has 3 aromatic rings. The Labute approximate surface area is 169 Å². The van der Waals surface area contributed by atoms with Gasteiger partial charge in [0.25, 0.3) is 11.8 Å². The van der Waals surface area contributed by atoms with E-state index in [1.807, 2.05) is 37.3 Å². The molecule has 1 saturated heterocycles. The van der Waals surface area contributed by atoms with Gasteiger partial charge in [-0.2, -0.15) is 4.98 Å². The fourth-order valence-corrected chi connectivity index (χ4v) is 3.16. The largest absolute Gasteiger partial charge is 0.483 e. The third kappa shape index (κ3) is 4.81. The molecule has 0 saturated carbocycles. The zero-order valence-electron chi connectivity index (χ0n) is 16.3. The molecular weight excluding hydrogens is 370 g/mol. The van der Waals surface area contributed by atoms with Crippen LogP contribution in [0, 0.1) is 6.92 Å². The van der Waals surface area contributed by atoms with E-state index in [1.165, 1.54) is 0 Å². The molecule has 4 rings (SSSR count). The molecule has 1 aliphatic rings. The van der Waals surface area contributed by atoms with Crippen LogP contribution < -0.4 is 10.1 Å². The molecule has 7 nitrogen and oxygen atoms in total. The molecule has 1 N–H and O–H groups in total. The number of carbonyl (C=O) groups is 1. The van der Waals surface area contributed by atoms with E-state index in [-0.39, 0.29) is 18.6 Å². The summed E-state index contributed by atoms with van der Waals surface area (Å²) in [5.41, 5.74) is 2.50. The Kier molecular flexibility index (Phi) is 5.86. The van der Waals surface area contributed by atoms with Crippen LogP contribution in [0.2, 0.25) is 0 Å². The molecule has 7 heteroatoms. The van der Waals surface area contributed by atoms with Gasteiger partial charge in [0, 0.05) is 18.7 Å². The summed E-state index contributed by atoms with van der Waals surface area (Å²) in [7, 11) is 0. The molecule has 150 valence electrons. The van der Waals surface area contributed by atoms with E-state index in [4.69, 9.17) is 14.0 Å². The SMILES string of the molecule is Cc1ccc(-c2noc(COc3ccccc3C(=O)NC[C@@H]3CCCO3)n2)cc1. The highest BCUT2D eigenvalue weighted by Crippen LogP contribution is 2.21. The summed E-state index contributed by atoms with van der Waals surface area (Å²) in [6.07, 6.45) is 2.10. The second kappa shape index (κ2) is 8.87. The van der Waals surface area contributed by atoms with Crippen molar-refractivity contribution in [1.29, 1.82) is 0 Å². The second-order valence-corrected chi connectivity index (χ2v) is 7.01. The van der Waals surface area contributed by atoms with Crippen molar-refractivity contribution in [1.82, 2.24) is 15.5 Å². The van der Waals surface area contributed by atoms with Gasteiger partial charge in [0.15, 0.2) is 6.61 Å². The van der Waals surface area contributed by atoms with Gasteiger partial charge in [0.2, 0.25) is 5.82 Å². The van der Waals surface area contributed by atoms with E-state index in [0.29, 0.717) is 29.6 Å². The zero-order valence-corrected chi connectivity index (χ0v) is 16.3. The molecule has 2 heterocycles. The van der Waals surface area contributed by atoms with Gasteiger partial charge >= 0.3 is 0 Å². The lowest BCUT2D eigenvalue weighted by atomic mass is 10.1. The van der Waals surface area contributed by atoms with Crippen LogP contribution in [0.4, 0.5) is 0 Å². The van der Waals surface area contributed by atoms with Crippen molar-refractivity contribution in [2.75, 3.05) is 13.2 Å². The van der Waals surface area contributed by atoms with Gasteiger partial charge in [-0.1, -0.05) is 47.1 Å². The highest BCUT2D eigenvalue weighted by atomic mass is 16.5. The highest BCUT2D eigenvalue weighted by molar-refractivity contribution is 5.96. The molecule has 29 heavy (non-hydrogen) atoms. The van der Waals surface area contributed by atoms with Crippen LogP contribution in [-0.2, 0) is 11.3 Å². The third-order valence-electron chi connectivity index (χ3n) is 4.77. The standard InChI is InChI=1S/C22H23N3O4/c1-15-8-10-16(11-9-15)21-24-20(29-25-21)14-28-19-7-3-2-6-18(19)22(26)23-13-17-5-4-12-27-17/h2-3,6-11,17H,4-5,12-14H2,1H3,(H,23,26)/t17-/m0/s1. The number of amides is 1. The van der Waals surface area contributed by atoms with Crippen molar-refractivity contribution in [2.24, 2.45) is 0 Å². The molecule has 0 unspecified atom stereocenters. The smallest absolute Gasteiger partial charge is 0.264 e. The first kappa shape index (κ1) is 19.1. The number of para-hydroxylation sites is 1. The summed E-state index contributed by atoms with van der Waals surface area (Å²) in [5.74, 6) is 1.12. The van der Waals surface area contributed by atoms with Gasteiger partial charge in [0.05, 0.1) is 11.7 Å². The summed E-state index contributed by atoms with van der Waals surface area (Å²) in [6, 6.07) is 15.0. The Balaban J connectivity index is 1.38. The average molecular weight is 393 g/mol. The van der Waals surface area contributed by atoms with E-state index in [2.05, 4.69) is 15.5 Å². The van der Waals surface area contributed by atoms with Gasteiger partial charge in [-0.15, -0.1) is 0 Å². The van der Waals surface area contributed by atoms with Crippen molar-refractivity contribution in [3.05, 3.63) is 65.5 Å². The van der Waals surface area contributed by atoms with Gasteiger partial charge in [-0.05, 0) is 31.9 Å². The number of benzene rings is 2. The fourth-order valence-electron chi connectivity index (χ4n) is 3.16. The number of rotatable bonds is 7. The van der Waals surface area contributed by atoms with Crippen LogP contribution in [-0.4, -0.2) is 35.3 Å². The van der Waals surface area contributed by atoms with Crippen LogP contribution in [0.25, 0.3) is 11.4 Å². The lowest BCUT2D eigenvalue weighted by molar-refractivity contribution is 0.0853. The molecule has 0 aliphatic carbocycles. The van der Waals surface area contributed by atoms with Gasteiger partial charge in [0.1, 0.15) is 5.75 Å². The number of aromatic nitrogens is 2. The molecule has 0 spiro atoms. The van der Waals surface area contributed by atoms with Gasteiger partial charge in [-0.25, -0.2) is 0 Å². The molecule has 0 bridgehead atoms. The van der Waals surface area contributed by atoms with E-state index < -0.39 is 0 Å². The minimum Gasteiger partial charge on any atom is -0.483 e. The van der Waals surface area contributed by atoms with Crippen molar-refractivity contribution in [3.63, 3.8) is 0 Å². The number of ether oxygens (including phenoxy) is 2. The second-order valence-electron chi connectivity index (χ2n) is 7.01. The monoisotopic (exact) mass is 393 g/mol. The minimum atomic E-state index is -0.193. The normalized spacial score (nSPS) is 16.0. The molecule has 1 fully saturated rings. The number of nitrogens with zero attached hydrogens (tertiary/aromatic N) is 2. The Hall–Kier alpha value is -3.19. The lowest BCUT2D eigenvalue weighted by Gasteiger charge is -2.13. The summed E-state index contributed by atoms with van der Waals surface area (Å²) in [6.45, 7) is 3.36. The molecule has 1 atom stereocenters. The lowest BCUT2D eigenvalue weighted by Crippen LogP contribution is -2.32. The molecule has 1 aromatic heterocycles. The number of nitrogens with one attached hydrogen (secondary N) is 1. The molecule has 1 amide bonds. The molecule has 2 aromatic carbocycles. The number of aryl methyl sites for hydroxylation is 1. The first-order valence-corrected chi connectivity index (χ1v) is 9.70. The van der Waals surface area contributed by atoms with Crippen LogP contribution in [0.5, 0.6) is 5.75 Å². The van der Waals surface area contributed by atoms with Crippen molar-refractivity contribution < 1.29 is 18.8 Å². The Morgan fingerprint density at radius 2 is 2.03 bits per heavy atom. The van der Waals surface area contributed by atoms with E-state index >= 15 is 0 Å². The van der Waals surface area contributed by atoms with Gasteiger partial charge < -0.3 is 19.3 Å². The van der Waals surface area contributed by atoms with Crippen LogP contribution in [0.15, 0.2) is 53.1 Å². The van der Waals surface area contributed by atoms with Crippen molar-refractivity contribution in [3.8, 4) is 17.1 Å². The quantitative estimate of drug-likeness (QED) is 0.661. The predicted molar refractivity (Wildman–Crippen MR) is 107 cm³/mol. The van der Waals surface area contributed by atoms with E-state index in [9.17, 15) is 4.79 Å². The Bertz CT molecular complexity index is 962. The van der Waals surface area contributed by atoms with Crippen molar-refractivity contribution in [2.45, 2.75) is 32.5 Å². The van der Waals surface area contributed by atoms with E-state index in [1.54, 1.807) is 18.2 Å². The van der Waals surface area contributed by atoms with Crippen LogP contribution in [0.1, 0.15) is 34.7 Å². The number of hydrogen-bond donors (Lipinski definition) is 1. The average Bonchev–Trinajstić information content (AvgIpc) is 3.43. The van der Waals surface area contributed by atoms with Crippen LogP contribution in [0.3, 0.4) is 0 Å². The highest BCUT2D eigenvalue weighted by Gasteiger charge is 2.19. The maximum atomic E-state index is 12.6. The molecule has 1 aliphatic heterocycles.